The zero-order chi connectivity index (χ0) is 12.3. The highest BCUT2D eigenvalue weighted by Gasteiger charge is 2.03. The van der Waals surface area contributed by atoms with Crippen LogP contribution in [0.2, 0.25) is 0 Å². The van der Waals surface area contributed by atoms with Crippen LogP contribution in [-0.2, 0) is 0 Å². The summed E-state index contributed by atoms with van der Waals surface area (Å²) >= 11 is 1.55. The molecule has 0 radical (unpaired) electrons. The molecule has 4 heteroatoms. The van der Waals surface area contributed by atoms with Crippen LogP contribution in [0, 0.1) is 11.3 Å². The van der Waals surface area contributed by atoms with Crippen molar-refractivity contribution < 1.29 is 0 Å². The van der Waals surface area contributed by atoms with Gasteiger partial charge in [-0.2, -0.15) is 5.26 Å². The zero-order valence-corrected chi connectivity index (χ0v) is 9.87. The second kappa shape index (κ2) is 4.81. The normalized spacial score (nSPS) is 9.82. The molecule has 0 fully saturated rings. The van der Waals surface area contributed by atoms with Gasteiger partial charge in [-0.3, -0.25) is 0 Å². The van der Waals surface area contributed by atoms with Crippen LogP contribution in [0.5, 0.6) is 0 Å². The van der Waals surface area contributed by atoms with Gasteiger partial charge in [0.1, 0.15) is 0 Å². The van der Waals surface area contributed by atoms with Gasteiger partial charge in [0.15, 0.2) is 0 Å². The Morgan fingerprint density at radius 1 is 1.00 bits per heavy atom. The third-order valence-corrected chi connectivity index (χ3v) is 3.35. The second-order valence-corrected chi connectivity index (χ2v) is 4.65. The molecule has 4 N–H and O–H groups in total. The molecule has 0 aliphatic carbocycles. The van der Waals surface area contributed by atoms with E-state index in [0.29, 0.717) is 11.3 Å². The lowest BCUT2D eigenvalue weighted by Gasteiger charge is -2.05. The SMILES string of the molecule is N#Cc1ccc(Sc2ccc(N)cc2)c(N)c1. The van der Waals surface area contributed by atoms with Gasteiger partial charge in [0.25, 0.3) is 0 Å². The molecule has 2 aromatic rings. The van der Waals surface area contributed by atoms with Gasteiger partial charge in [-0.05, 0) is 42.5 Å². The first-order valence-corrected chi connectivity index (χ1v) is 5.84. The molecule has 0 aliphatic rings. The number of hydrogen-bond donors (Lipinski definition) is 2. The highest BCUT2D eigenvalue weighted by Crippen LogP contribution is 2.32. The van der Waals surface area contributed by atoms with Crippen LogP contribution in [0.1, 0.15) is 5.56 Å². The Morgan fingerprint density at radius 3 is 2.29 bits per heavy atom. The van der Waals surface area contributed by atoms with Crippen molar-refractivity contribution in [1.82, 2.24) is 0 Å². The fraction of sp³-hybridized carbons (Fsp3) is 0. The maximum atomic E-state index is 8.75. The Hall–Kier alpha value is -2.12. The van der Waals surface area contributed by atoms with Crippen LogP contribution in [0.15, 0.2) is 52.3 Å². The largest absolute Gasteiger partial charge is 0.399 e. The lowest BCUT2D eigenvalue weighted by Crippen LogP contribution is -1.89. The predicted molar refractivity (Wildman–Crippen MR) is 70.5 cm³/mol. The summed E-state index contributed by atoms with van der Waals surface area (Å²) in [6.45, 7) is 0. The first-order valence-electron chi connectivity index (χ1n) is 5.02. The summed E-state index contributed by atoms with van der Waals surface area (Å²) in [6.07, 6.45) is 0. The van der Waals surface area contributed by atoms with Gasteiger partial charge in [0, 0.05) is 21.2 Å². The molecule has 0 amide bonds. The molecular formula is C13H11N3S. The summed E-state index contributed by atoms with van der Waals surface area (Å²) in [5.74, 6) is 0. The lowest BCUT2D eigenvalue weighted by atomic mass is 10.2. The van der Waals surface area contributed by atoms with Gasteiger partial charge in [-0.25, -0.2) is 0 Å². The van der Waals surface area contributed by atoms with Gasteiger partial charge in [-0.1, -0.05) is 11.8 Å². The molecule has 0 heterocycles. The van der Waals surface area contributed by atoms with Gasteiger partial charge >= 0.3 is 0 Å². The highest BCUT2D eigenvalue weighted by molar-refractivity contribution is 7.99. The van der Waals surface area contributed by atoms with Crippen LogP contribution in [0.3, 0.4) is 0 Å². The molecule has 0 bridgehead atoms. The molecule has 0 atom stereocenters. The summed E-state index contributed by atoms with van der Waals surface area (Å²) in [4.78, 5) is 2.00. The van der Waals surface area contributed by atoms with Gasteiger partial charge in [0.2, 0.25) is 0 Å². The molecule has 0 unspecified atom stereocenters. The van der Waals surface area contributed by atoms with E-state index in [4.69, 9.17) is 16.7 Å². The van der Waals surface area contributed by atoms with E-state index in [-0.39, 0.29) is 0 Å². The summed E-state index contributed by atoms with van der Waals surface area (Å²) in [6, 6.07) is 14.9. The highest BCUT2D eigenvalue weighted by atomic mass is 32.2. The van der Waals surface area contributed by atoms with Gasteiger partial charge in [-0.15, -0.1) is 0 Å². The number of hydrogen-bond acceptors (Lipinski definition) is 4. The van der Waals surface area contributed by atoms with Crippen molar-refractivity contribution in [1.29, 1.82) is 5.26 Å². The number of nitriles is 1. The first kappa shape index (κ1) is 11.4. The summed E-state index contributed by atoms with van der Waals surface area (Å²) in [5.41, 5.74) is 13.4. The molecule has 0 spiro atoms. The van der Waals surface area contributed by atoms with Crippen molar-refractivity contribution in [3.63, 3.8) is 0 Å². The fourth-order valence-corrected chi connectivity index (χ4v) is 2.21. The molecule has 0 saturated carbocycles. The monoisotopic (exact) mass is 241 g/mol. The fourth-order valence-electron chi connectivity index (χ4n) is 1.37. The lowest BCUT2D eigenvalue weighted by molar-refractivity contribution is 1.39. The van der Waals surface area contributed by atoms with Crippen LogP contribution < -0.4 is 11.5 Å². The zero-order valence-electron chi connectivity index (χ0n) is 9.05. The number of nitrogens with zero attached hydrogens (tertiary/aromatic N) is 1. The van der Waals surface area contributed by atoms with Crippen LogP contribution in [0.4, 0.5) is 11.4 Å². The second-order valence-electron chi connectivity index (χ2n) is 3.54. The molecule has 2 aromatic carbocycles. The molecule has 0 aromatic heterocycles. The minimum atomic E-state index is 0.573. The van der Waals surface area contributed by atoms with Crippen molar-refractivity contribution in [2.45, 2.75) is 9.79 Å². The average Bonchev–Trinajstić information content (AvgIpc) is 2.34. The van der Waals surface area contributed by atoms with Crippen molar-refractivity contribution >= 4 is 23.1 Å². The molecule has 2 rings (SSSR count). The van der Waals surface area contributed by atoms with E-state index in [1.807, 2.05) is 30.3 Å². The van der Waals surface area contributed by atoms with E-state index in [1.54, 1.807) is 23.9 Å². The Kier molecular flexibility index (Phi) is 3.22. The van der Waals surface area contributed by atoms with Crippen molar-refractivity contribution in [2.75, 3.05) is 11.5 Å². The van der Waals surface area contributed by atoms with Crippen molar-refractivity contribution in [3.8, 4) is 6.07 Å². The summed E-state index contributed by atoms with van der Waals surface area (Å²) < 4.78 is 0. The van der Waals surface area contributed by atoms with Crippen LogP contribution in [-0.4, -0.2) is 0 Å². The molecule has 84 valence electrons. The van der Waals surface area contributed by atoms with E-state index < -0.39 is 0 Å². The molecule has 3 nitrogen and oxygen atoms in total. The average molecular weight is 241 g/mol. The third-order valence-electron chi connectivity index (χ3n) is 2.25. The smallest absolute Gasteiger partial charge is 0.0992 e. The topological polar surface area (TPSA) is 75.8 Å². The van der Waals surface area contributed by atoms with Crippen LogP contribution in [0.25, 0.3) is 0 Å². The van der Waals surface area contributed by atoms with E-state index in [1.165, 1.54) is 0 Å². The molecule has 0 saturated heterocycles. The number of rotatable bonds is 2. The van der Waals surface area contributed by atoms with Crippen LogP contribution >= 0.6 is 11.8 Å². The number of nitrogen functional groups attached to an aromatic ring is 2. The first-order chi connectivity index (χ1) is 8.19. The molecular weight excluding hydrogens is 230 g/mol. The van der Waals surface area contributed by atoms with Gasteiger partial charge in [0.05, 0.1) is 11.6 Å². The maximum absolute atomic E-state index is 8.75. The minimum absolute atomic E-state index is 0.573. The predicted octanol–water partition coefficient (Wildman–Crippen LogP) is 2.87. The van der Waals surface area contributed by atoms with E-state index in [2.05, 4.69) is 6.07 Å². The Labute approximate surface area is 104 Å². The Balaban J connectivity index is 2.25. The molecule has 0 aliphatic heterocycles. The third kappa shape index (κ3) is 2.71. The van der Waals surface area contributed by atoms with E-state index in [0.717, 1.165) is 15.5 Å². The van der Waals surface area contributed by atoms with Gasteiger partial charge < -0.3 is 11.5 Å². The molecule has 17 heavy (non-hydrogen) atoms. The number of benzene rings is 2. The van der Waals surface area contributed by atoms with E-state index in [9.17, 15) is 0 Å². The number of nitrogens with two attached hydrogens (primary N) is 2. The Bertz CT molecular complexity index is 570. The van der Waals surface area contributed by atoms with E-state index >= 15 is 0 Å². The maximum Gasteiger partial charge on any atom is 0.0992 e. The van der Waals surface area contributed by atoms with Crippen molar-refractivity contribution in [3.05, 3.63) is 48.0 Å². The summed E-state index contributed by atoms with van der Waals surface area (Å²) in [7, 11) is 0. The Morgan fingerprint density at radius 2 is 1.71 bits per heavy atom. The number of anilines is 2. The summed E-state index contributed by atoms with van der Waals surface area (Å²) in [5, 5.41) is 8.75. The standard InChI is InChI=1S/C13H11N3S/c14-8-9-1-6-13(12(16)7-9)17-11-4-2-10(15)3-5-11/h1-7H,15-16H2. The van der Waals surface area contributed by atoms with Crippen molar-refractivity contribution in [2.24, 2.45) is 0 Å². The quantitative estimate of drug-likeness (QED) is 0.793. The minimum Gasteiger partial charge on any atom is -0.399 e.